The highest BCUT2D eigenvalue weighted by Crippen LogP contribution is 2.36. The molecule has 0 spiro atoms. The Morgan fingerprint density at radius 2 is 0.920 bits per heavy atom. The molecule has 0 saturated carbocycles. The van der Waals surface area contributed by atoms with Gasteiger partial charge in [-0.2, -0.15) is 0 Å². The summed E-state index contributed by atoms with van der Waals surface area (Å²) in [5.41, 5.74) is 4.96. The molecule has 0 bridgehead atoms. The maximum absolute atomic E-state index is 6.34. The van der Waals surface area contributed by atoms with E-state index in [9.17, 15) is 0 Å². The van der Waals surface area contributed by atoms with Crippen molar-refractivity contribution in [3.63, 3.8) is 0 Å². The number of ether oxygens (including phenoxy) is 1. The quantitative estimate of drug-likeness (QED) is 0.384. The molecule has 124 valence electrons. The summed E-state index contributed by atoms with van der Waals surface area (Å²) in [6.07, 6.45) is 0. The predicted octanol–water partition coefficient (Wildman–Crippen LogP) is 7.02. The molecule has 0 radical (unpaired) electrons. The smallest absolute Gasteiger partial charge is 0.130 e. The summed E-state index contributed by atoms with van der Waals surface area (Å²) in [7, 11) is 0. The molecule has 0 fully saturated rings. The minimum atomic E-state index is 0.924. The molecule has 0 heterocycles. The Hall–Kier alpha value is -2.80. The van der Waals surface area contributed by atoms with Crippen molar-refractivity contribution >= 4 is 21.5 Å². The highest BCUT2D eigenvalue weighted by Gasteiger charge is 2.10. The van der Waals surface area contributed by atoms with E-state index in [0.717, 1.165) is 11.5 Å². The van der Waals surface area contributed by atoms with Gasteiger partial charge in [-0.3, -0.25) is 0 Å². The zero-order valence-electron chi connectivity index (χ0n) is 15.2. The molecule has 0 unspecified atom stereocenters. The molecular formula is C24H22O. The first-order valence-corrected chi connectivity index (χ1v) is 8.72. The SMILES string of the molecule is Cc1cccc2c(C)c(Oc3ccc4c(C)cccc4c3C)ccc12. The van der Waals surface area contributed by atoms with E-state index in [0.29, 0.717) is 0 Å². The molecule has 0 aliphatic heterocycles. The van der Waals surface area contributed by atoms with E-state index < -0.39 is 0 Å². The van der Waals surface area contributed by atoms with Gasteiger partial charge in [-0.15, -0.1) is 0 Å². The molecule has 4 aromatic rings. The lowest BCUT2D eigenvalue weighted by molar-refractivity contribution is 0.477. The highest BCUT2D eigenvalue weighted by atomic mass is 16.5. The van der Waals surface area contributed by atoms with Gasteiger partial charge in [-0.25, -0.2) is 0 Å². The second kappa shape index (κ2) is 5.93. The average molecular weight is 326 g/mol. The van der Waals surface area contributed by atoms with Crippen molar-refractivity contribution in [2.45, 2.75) is 27.7 Å². The van der Waals surface area contributed by atoms with Crippen LogP contribution in [0, 0.1) is 27.7 Å². The Bertz CT molecular complexity index is 1020. The van der Waals surface area contributed by atoms with E-state index in [1.807, 2.05) is 0 Å². The molecular weight excluding hydrogens is 304 g/mol. The van der Waals surface area contributed by atoms with E-state index in [4.69, 9.17) is 4.74 Å². The maximum atomic E-state index is 6.34. The number of benzene rings is 4. The van der Waals surface area contributed by atoms with Crippen LogP contribution in [0.15, 0.2) is 60.7 Å². The summed E-state index contributed by atoms with van der Waals surface area (Å²) in [6.45, 7) is 8.57. The zero-order valence-corrected chi connectivity index (χ0v) is 15.2. The Balaban J connectivity index is 1.83. The third-order valence-electron chi connectivity index (χ3n) is 5.22. The molecule has 25 heavy (non-hydrogen) atoms. The second-order valence-corrected chi connectivity index (χ2v) is 6.82. The average Bonchev–Trinajstić information content (AvgIpc) is 2.61. The van der Waals surface area contributed by atoms with E-state index in [2.05, 4.69) is 88.4 Å². The highest BCUT2D eigenvalue weighted by molar-refractivity contribution is 5.91. The zero-order chi connectivity index (χ0) is 17.6. The van der Waals surface area contributed by atoms with Gasteiger partial charge in [0.15, 0.2) is 0 Å². The Morgan fingerprint density at radius 1 is 0.480 bits per heavy atom. The first kappa shape index (κ1) is 15.7. The lowest BCUT2D eigenvalue weighted by Gasteiger charge is -2.15. The van der Waals surface area contributed by atoms with Crippen molar-refractivity contribution in [1.29, 1.82) is 0 Å². The first-order chi connectivity index (χ1) is 12.1. The van der Waals surface area contributed by atoms with Crippen molar-refractivity contribution in [3.05, 3.63) is 82.9 Å². The van der Waals surface area contributed by atoms with Crippen LogP contribution in [-0.2, 0) is 0 Å². The van der Waals surface area contributed by atoms with Crippen molar-refractivity contribution in [3.8, 4) is 11.5 Å². The van der Waals surface area contributed by atoms with Gasteiger partial charge in [0.2, 0.25) is 0 Å². The van der Waals surface area contributed by atoms with Crippen LogP contribution in [0.2, 0.25) is 0 Å². The molecule has 1 heteroatoms. The van der Waals surface area contributed by atoms with Crippen LogP contribution in [0.25, 0.3) is 21.5 Å². The van der Waals surface area contributed by atoms with Gasteiger partial charge in [0.1, 0.15) is 11.5 Å². The molecule has 4 aromatic carbocycles. The molecule has 0 aromatic heterocycles. The van der Waals surface area contributed by atoms with Crippen molar-refractivity contribution in [2.75, 3.05) is 0 Å². The molecule has 0 amide bonds. The van der Waals surface area contributed by atoms with Gasteiger partial charge in [0, 0.05) is 0 Å². The molecule has 0 saturated heterocycles. The minimum Gasteiger partial charge on any atom is -0.457 e. The molecule has 0 aliphatic rings. The molecule has 0 N–H and O–H groups in total. The third-order valence-corrected chi connectivity index (χ3v) is 5.22. The number of fused-ring (bicyclic) bond motifs is 2. The minimum absolute atomic E-state index is 0.924. The van der Waals surface area contributed by atoms with Gasteiger partial charge in [-0.05, 0) is 83.6 Å². The fraction of sp³-hybridized carbons (Fsp3) is 0.167. The van der Waals surface area contributed by atoms with Crippen molar-refractivity contribution in [2.24, 2.45) is 0 Å². The van der Waals surface area contributed by atoms with E-state index in [1.54, 1.807) is 0 Å². The number of hydrogen-bond donors (Lipinski definition) is 0. The summed E-state index contributed by atoms with van der Waals surface area (Å²) in [4.78, 5) is 0. The van der Waals surface area contributed by atoms with Crippen LogP contribution in [0.5, 0.6) is 11.5 Å². The summed E-state index contributed by atoms with van der Waals surface area (Å²) in [5.74, 6) is 1.85. The number of rotatable bonds is 2. The first-order valence-electron chi connectivity index (χ1n) is 8.72. The molecule has 0 atom stereocenters. The second-order valence-electron chi connectivity index (χ2n) is 6.82. The molecule has 4 rings (SSSR count). The lowest BCUT2D eigenvalue weighted by Crippen LogP contribution is -1.93. The Morgan fingerprint density at radius 3 is 1.36 bits per heavy atom. The van der Waals surface area contributed by atoms with Gasteiger partial charge in [0.05, 0.1) is 0 Å². The van der Waals surface area contributed by atoms with Gasteiger partial charge in [0.25, 0.3) is 0 Å². The van der Waals surface area contributed by atoms with Crippen LogP contribution < -0.4 is 4.74 Å². The summed E-state index contributed by atoms with van der Waals surface area (Å²) in [6, 6.07) is 21.4. The van der Waals surface area contributed by atoms with Gasteiger partial charge >= 0.3 is 0 Å². The lowest BCUT2D eigenvalue weighted by atomic mass is 10.00. The normalized spacial score (nSPS) is 11.2. The van der Waals surface area contributed by atoms with E-state index in [1.165, 1.54) is 43.8 Å². The third kappa shape index (κ3) is 2.56. The fourth-order valence-corrected chi connectivity index (χ4v) is 3.63. The largest absolute Gasteiger partial charge is 0.457 e. The summed E-state index contributed by atoms with van der Waals surface area (Å²) in [5, 5.41) is 5.09. The van der Waals surface area contributed by atoms with E-state index in [-0.39, 0.29) is 0 Å². The molecule has 0 aliphatic carbocycles. The summed E-state index contributed by atoms with van der Waals surface area (Å²) >= 11 is 0. The van der Waals surface area contributed by atoms with Crippen LogP contribution in [0.3, 0.4) is 0 Å². The van der Waals surface area contributed by atoms with Gasteiger partial charge in [-0.1, -0.05) is 48.5 Å². The number of aryl methyl sites for hydroxylation is 4. The monoisotopic (exact) mass is 326 g/mol. The fourth-order valence-electron chi connectivity index (χ4n) is 3.63. The van der Waals surface area contributed by atoms with Crippen LogP contribution in [0.1, 0.15) is 22.3 Å². The predicted molar refractivity (Wildman–Crippen MR) is 107 cm³/mol. The van der Waals surface area contributed by atoms with E-state index >= 15 is 0 Å². The number of hydrogen-bond acceptors (Lipinski definition) is 1. The summed E-state index contributed by atoms with van der Waals surface area (Å²) < 4.78 is 6.34. The van der Waals surface area contributed by atoms with Crippen molar-refractivity contribution in [1.82, 2.24) is 0 Å². The molecule has 1 nitrogen and oxygen atoms in total. The van der Waals surface area contributed by atoms with Gasteiger partial charge < -0.3 is 4.74 Å². The van der Waals surface area contributed by atoms with Crippen molar-refractivity contribution < 1.29 is 4.74 Å². The van der Waals surface area contributed by atoms with Crippen LogP contribution in [-0.4, -0.2) is 0 Å². The Kier molecular flexibility index (Phi) is 3.73. The van der Waals surface area contributed by atoms with Crippen LogP contribution in [0.4, 0.5) is 0 Å². The standard InChI is InChI=1S/C24H22O/c1-15-7-5-9-21-17(3)23(13-11-19(15)21)25-24-14-12-20-16(2)8-6-10-22(20)18(24)4/h5-14H,1-4H3. The topological polar surface area (TPSA) is 9.23 Å². The Labute approximate surface area is 148 Å². The maximum Gasteiger partial charge on any atom is 0.130 e. The van der Waals surface area contributed by atoms with Crippen LogP contribution >= 0.6 is 0 Å².